The van der Waals surface area contributed by atoms with Crippen LogP contribution in [0.1, 0.15) is 52.9 Å². The first kappa shape index (κ1) is 15.6. The Bertz CT molecular complexity index is 457. The summed E-state index contributed by atoms with van der Waals surface area (Å²) in [6, 6.07) is 2.82. The van der Waals surface area contributed by atoms with Crippen molar-refractivity contribution >= 4 is 0 Å². The lowest BCUT2D eigenvalue weighted by atomic mass is 9.99. The fourth-order valence-electron chi connectivity index (χ4n) is 3.98. The van der Waals surface area contributed by atoms with Gasteiger partial charge in [-0.05, 0) is 35.8 Å². The van der Waals surface area contributed by atoms with Crippen LogP contribution in [0.15, 0.2) is 6.07 Å². The molecule has 1 heterocycles. The average Bonchev–Trinajstić information content (AvgIpc) is 2.64. The van der Waals surface area contributed by atoms with Crippen LogP contribution < -0.4 is 5.32 Å². The maximum absolute atomic E-state index is 4.58. The van der Waals surface area contributed by atoms with E-state index in [1.807, 2.05) is 0 Å². The summed E-state index contributed by atoms with van der Waals surface area (Å²) >= 11 is 0. The third-order valence-corrected chi connectivity index (χ3v) is 5.82. The largest absolute Gasteiger partial charge is 0.314 e. The molecule has 0 aliphatic heterocycles. The molecule has 0 aromatic carbocycles. The second-order valence-electron chi connectivity index (χ2n) is 7.39. The van der Waals surface area contributed by atoms with Crippen LogP contribution in [0.3, 0.4) is 0 Å². The number of rotatable bonds is 6. The summed E-state index contributed by atoms with van der Waals surface area (Å²) in [6.45, 7) is 15.0. The van der Waals surface area contributed by atoms with E-state index in [1.165, 1.54) is 11.4 Å². The van der Waals surface area contributed by atoms with Crippen molar-refractivity contribution in [1.82, 2.24) is 15.1 Å². The van der Waals surface area contributed by atoms with Crippen molar-refractivity contribution in [2.24, 2.45) is 23.8 Å². The summed E-state index contributed by atoms with van der Waals surface area (Å²) in [5, 5.41) is 8.30. The number of likely N-dealkylation sites (N-methyl/N-ethyl adjacent to an activating group) is 1. The number of hydrogen-bond donors (Lipinski definition) is 1. The standard InChI is InChI=1S/C17H31N3/c1-8-12-10-13(20(7)19-12)11-14(18-9-2)15-16(3,4)17(15,5)6/h10,14-15,18H,8-9,11H2,1-7H3. The molecule has 0 amide bonds. The van der Waals surface area contributed by atoms with E-state index in [-0.39, 0.29) is 0 Å². The highest BCUT2D eigenvalue weighted by Gasteiger charge is 2.66. The zero-order chi connectivity index (χ0) is 15.1. The smallest absolute Gasteiger partial charge is 0.0624 e. The van der Waals surface area contributed by atoms with Gasteiger partial charge in [0.15, 0.2) is 0 Å². The van der Waals surface area contributed by atoms with E-state index in [0.717, 1.165) is 25.3 Å². The van der Waals surface area contributed by atoms with Gasteiger partial charge in [-0.2, -0.15) is 5.10 Å². The summed E-state index contributed by atoms with van der Waals surface area (Å²) in [5.41, 5.74) is 3.40. The summed E-state index contributed by atoms with van der Waals surface area (Å²) in [7, 11) is 2.07. The number of nitrogens with zero attached hydrogens (tertiary/aromatic N) is 2. The number of nitrogens with one attached hydrogen (secondary N) is 1. The van der Waals surface area contributed by atoms with Crippen LogP contribution in [0.2, 0.25) is 0 Å². The molecular formula is C17H31N3. The normalized spacial score (nSPS) is 21.9. The molecule has 1 fully saturated rings. The Balaban J connectivity index is 2.17. The molecular weight excluding hydrogens is 246 g/mol. The molecule has 1 aromatic rings. The zero-order valence-corrected chi connectivity index (χ0v) is 14.2. The lowest BCUT2D eigenvalue weighted by Gasteiger charge is -2.20. The van der Waals surface area contributed by atoms with E-state index in [9.17, 15) is 0 Å². The SMILES string of the molecule is CCNC(Cc1cc(CC)nn1C)C1C(C)(C)C1(C)C. The number of aromatic nitrogens is 2. The quantitative estimate of drug-likeness (QED) is 0.865. The van der Waals surface area contributed by atoms with Crippen molar-refractivity contribution in [3.05, 3.63) is 17.5 Å². The average molecular weight is 277 g/mol. The van der Waals surface area contributed by atoms with Crippen LogP contribution in [0, 0.1) is 16.7 Å². The van der Waals surface area contributed by atoms with Crippen molar-refractivity contribution in [2.45, 2.75) is 60.4 Å². The monoisotopic (exact) mass is 277 g/mol. The maximum atomic E-state index is 4.58. The highest BCUT2D eigenvalue weighted by Crippen LogP contribution is 2.69. The van der Waals surface area contributed by atoms with Crippen molar-refractivity contribution in [1.29, 1.82) is 0 Å². The van der Waals surface area contributed by atoms with Crippen LogP contribution >= 0.6 is 0 Å². The molecule has 20 heavy (non-hydrogen) atoms. The van der Waals surface area contributed by atoms with Gasteiger partial charge >= 0.3 is 0 Å². The van der Waals surface area contributed by atoms with Crippen molar-refractivity contribution in [3.63, 3.8) is 0 Å². The molecule has 3 heteroatoms. The van der Waals surface area contributed by atoms with E-state index in [2.05, 4.69) is 69.8 Å². The second kappa shape index (κ2) is 5.18. The summed E-state index contributed by atoms with van der Waals surface area (Å²) in [6.07, 6.45) is 2.09. The van der Waals surface area contributed by atoms with Crippen molar-refractivity contribution in [2.75, 3.05) is 6.54 Å². The Morgan fingerprint density at radius 2 is 1.85 bits per heavy atom. The van der Waals surface area contributed by atoms with Gasteiger partial charge in [0, 0.05) is 25.2 Å². The van der Waals surface area contributed by atoms with E-state index in [1.54, 1.807) is 0 Å². The van der Waals surface area contributed by atoms with Crippen LogP contribution in [0.25, 0.3) is 0 Å². The van der Waals surface area contributed by atoms with Gasteiger partial charge in [0.05, 0.1) is 5.69 Å². The van der Waals surface area contributed by atoms with Gasteiger partial charge in [-0.3, -0.25) is 4.68 Å². The van der Waals surface area contributed by atoms with Gasteiger partial charge in [-0.25, -0.2) is 0 Å². The molecule has 1 aromatic heterocycles. The van der Waals surface area contributed by atoms with E-state index in [4.69, 9.17) is 0 Å². The van der Waals surface area contributed by atoms with E-state index in [0.29, 0.717) is 16.9 Å². The molecule has 0 radical (unpaired) electrons. The highest BCUT2D eigenvalue weighted by molar-refractivity contribution is 5.20. The molecule has 114 valence electrons. The third kappa shape index (κ3) is 2.41. The van der Waals surface area contributed by atoms with Gasteiger partial charge in [0.2, 0.25) is 0 Å². The predicted octanol–water partition coefficient (Wildman–Crippen LogP) is 3.19. The maximum Gasteiger partial charge on any atom is 0.0624 e. The van der Waals surface area contributed by atoms with Gasteiger partial charge < -0.3 is 5.32 Å². The highest BCUT2D eigenvalue weighted by atomic mass is 15.3. The Morgan fingerprint density at radius 3 is 2.25 bits per heavy atom. The van der Waals surface area contributed by atoms with E-state index >= 15 is 0 Å². The number of hydrogen-bond acceptors (Lipinski definition) is 2. The fourth-order valence-corrected chi connectivity index (χ4v) is 3.98. The summed E-state index contributed by atoms with van der Waals surface area (Å²) in [4.78, 5) is 0. The van der Waals surface area contributed by atoms with Crippen molar-refractivity contribution < 1.29 is 0 Å². The molecule has 1 aliphatic carbocycles. The summed E-state index contributed by atoms with van der Waals surface area (Å²) in [5.74, 6) is 0.731. The van der Waals surface area contributed by atoms with Crippen LogP contribution in [-0.4, -0.2) is 22.4 Å². The van der Waals surface area contributed by atoms with Gasteiger partial charge in [-0.1, -0.05) is 41.5 Å². The first-order valence-electron chi connectivity index (χ1n) is 8.00. The summed E-state index contributed by atoms with van der Waals surface area (Å²) < 4.78 is 2.06. The second-order valence-corrected chi connectivity index (χ2v) is 7.39. The Morgan fingerprint density at radius 1 is 1.25 bits per heavy atom. The van der Waals surface area contributed by atoms with E-state index < -0.39 is 0 Å². The van der Waals surface area contributed by atoms with Gasteiger partial charge in [-0.15, -0.1) is 0 Å². The Kier molecular flexibility index (Phi) is 4.03. The van der Waals surface area contributed by atoms with Crippen molar-refractivity contribution in [3.8, 4) is 0 Å². The minimum atomic E-state index is 0.423. The molecule has 1 unspecified atom stereocenters. The van der Waals surface area contributed by atoms with Gasteiger partial charge in [0.25, 0.3) is 0 Å². The molecule has 0 bridgehead atoms. The Labute approximate surface area is 124 Å². The molecule has 1 aliphatic rings. The number of aryl methyl sites for hydroxylation is 2. The molecule has 0 spiro atoms. The first-order valence-corrected chi connectivity index (χ1v) is 8.00. The van der Waals surface area contributed by atoms with Crippen LogP contribution in [-0.2, 0) is 19.9 Å². The topological polar surface area (TPSA) is 29.9 Å². The molecule has 1 N–H and O–H groups in total. The lowest BCUT2D eigenvalue weighted by molar-refractivity contribution is 0.395. The molecule has 2 rings (SSSR count). The minimum absolute atomic E-state index is 0.423. The zero-order valence-electron chi connectivity index (χ0n) is 14.2. The van der Waals surface area contributed by atoms with Crippen LogP contribution in [0.4, 0.5) is 0 Å². The molecule has 1 saturated carbocycles. The third-order valence-electron chi connectivity index (χ3n) is 5.82. The predicted molar refractivity (Wildman–Crippen MR) is 84.8 cm³/mol. The Hall–Kier alpha value is -0.830. The minimum Gasteiger partial charge on any atom is -0.314 e. The molecule has 1 atom stereocenters. The first-order chi connectivity index (χ1) is 9.25. The molecule has 3 nitrogen and oxygen atoms in total. The lowest BCUT2D eigenvalue weighted by Crippen LogP contribution is -2.35. The van der Waals surface area contributed by atoms with Gasteiger partial charge in [0.1, 0.15) is 0 Å². The molecule has 0 saturated heterocycles. The fraction of sp³-hybridized carbons (Fsp3) is 0.824. The van der Waals surface area contributed by atoms with Crippen LogP contribution in [0.5, 0.6) is 0 Å².